The van der Waals surface area contributed by atoms with Crippen molar-refractivity contribution in [1.82, 2.24) is 19.8 Å². The molecule has 0 radical (unpaired) electrons. The second-order valence-corrected chi connectivity index (χ2v) is 8.17. The normalized spacial score (nSPS) is 13.4. The van der Waals surface area contributed by atoms with Gasteiger partial charge in [0, 0.05) is 49.7 Å². The van der Waals surface area contributed by atoms with Crippen molar-refractivity contribution in [3.8, 4) is 22.9 Å². The molecule has 1 saturated heterocycles. The fourth-order valence-corrected chi connectivity index (χ4v) is 3.99. The van der Waals surface area contributed by atoms with Crippen LogP contribution in [0.5, 0.6) is 11.5 Å². The third-order valence-electron chi connectivity index (χ3n) is 5.87. The zero-order chi connectivity index (χ0) is 24.0. The molecule has 7 nitrogen and oxygen atoms in total. The van der Waals surface area contributed by atoms with Gasteiger partial charge in [-0.2, -0.15) is 0 Å². The molecule has 5 rings (SSSR count). The standard InChI is InChI=1S/C28H24N4O3/c33-27(21-9-11-24(12-10-21)35-23-6-2-1-3-7-23)31-16-18-32(19-17-31)28(34)22-13-15-30-26(20-22)25-8-4-5-14-29-25/h1-15,20H,16-19H2. The van der Waals surface area contributed by atoms with Crippen LogP contribution in [0.3, 0.4) is 0 Å². The minimum absolute atomic E-state index is 0.0512. The Labute approximate surface area is 203 Å². The highest BCUT2D eigenvalue weighted by molar-refractivity contribution is 5.96. The SMILES string of the molecule is O=C(c1ccc(Oc2ccccc2)cc1)N1CCN(C(=O)c2ccnc(-c3ccccn3)c2)CC1. The molecule has 0 atom stereocenters. The first-order chi connectivity index (χ1) is 17.2. The molecular formula is C28H24N4O3. The molecule has 174 valence electrons. The van der Waals surface area contributed by atoms with Gasteiger partial charge in [-0.1, -0.05) is 24.3 Å². The van der Waals surface area contributed by atoms with Crippen LogP contribution in [-0.2, 0) is 0 Å². The summed E-state index contributed by atoms with van der Waals surface area (Å²) in [6, 6.07) is 25.7. The van der Waals surface area contributed by atoms with Gasteiger partial charge in [0.05, 0.1) is 11.4 Å². The van der Waals surface area contributed by atoms with Crippen molar-refractivity contribution in [2.75, 3.05) is 26.2 Å². The van der Waals surface area contributed by atoms with Crippen molar-refractivity contribution in [1.29, 1.82) is 0 Å². The fraction of sp³-hybridized carbons (Fsp3) is 0.143. The van der Waals surface area contributed by atoms with E-state index in [0.29, 0.717) is 48.7 Å². The van der Waals surface area contributed by atoms with Crippen molar-refractivity contribution >= 4 is 11.8 Å². The van der Waals surface area contributed by atoms with Crippen molar-refractivity contribution in [3.63, 3.8) is 0 Å². The lowest BCUT2D eigenvalue weighted by molar-refractivity contribution is 0.0535. The molecule has 1 aliphatic heterocycles. The summed E-state index contributed by atoms with van der Waals surface area (Å²) in [7, 11) is 0. The average Bonchev–Trinajstić information content (AvgIpc) is 2.94. The zero-order valence-electron chi connectivity index (χ0n) is 19.1. The lowest BCUT2D eigenvalue weighted by Crippen LogP contribution is -2.50. The van der Waals surface area contributed by atoms with E-state index in [9.17, 15) is 9.59 Å². The van der Waals surface area contributed by atoms with Crippen molar-refractivity contribution in [2.45, 2.75) is 0 Å². The number of hydrogen-bond donors (Lipinski definition) is 0. The molecule has 0 aliphatic carbocycles. The summed E-state index contributed by atoms with van der Waals surface area (Å²) in [5.41, 5.74) is 2.54. The summed E-state index contributed by atoms with van der Waals surface area (Å²) in [5.74, 6) is 1.29. The largest absolute Gasteiger partial charge is 0.457 e. The molecular weight excluding hydrogens is 440 g/mol. The minimum Gasteiger partial charge on any atom is -0.457 e. The Kier molecular flexibility index (Phi) is 6.48. The number of nitrogens with zero attached hydrogens (tertiary/aromatic N) is 4. The third-order valence-corrected chi connectivity index (χ3v) is 5.87. The van der Waals surface area contributed by atoms with Gasteiger partial charge < -0.3 is 14.5 Å². The van der Waals surface area contributed by atoms with Gasteiger partial charge in [0.1, 0.15) is 11.5 Å². The molecule has 0 saturated carbocycles. The number of rotatable bonds is 5. The Morgan fingerprint density at radius 1 is 0.600 bits per heavy atom. The van der Waals surface area contributed by atoms with E-state index in [1.54, 1.807) is 58.6 Å². The molecule has 35 heavy (non-hydrogen) atoms. The summed E-state index contributed by atoms with van der Waals surface area (Å²) < 4.78 is 5.80. The number of pyridine rings is 2. The first-order valence-electron chi connectivity index (χ1n) is 11.5. The van der Waals surface area contributed by atoms with E-state index in [4.69, 9.17) is 4.74 Å². The highest BCUT2D eigenvalue weighted by Crippen LogP contribution is 2.22. The Hall–Kier alpha value is -4.52. The van der Waals surface area contributed by atoms with Gasteiger partial charge in [0.15, 0.2) is 0 Å². The van der Waals surface area contributed by atoms with Crippen molar-refractivity contribution in [3.05, 3.63) is 108 Å². The average molecular weight is 465 g/mol. The summed E-state index contributed by atoms with van der Waals surface area (Å²) in [6.45, 7) is 1.90. The fourth-order valence-electron chi connectivity index (χ4n) is 3.99. The summed E-state index contributed by atoms with van der Waals surface area (Å²) in [4.78, 5) is 38.3. The van der Waals surface area contributed by atoms with Gasteiger partial charge >= 0.3 is 0 Å². The van der Waals surface area contributed by atoms with Gasteiger partial charge in [-0.3, -0.25) is 19.6 Å². The van der Waals surface area contributed by atoms with Crippen molar-refractivity contribution < 1.29 is 14.3 Å². The maximum atomic E-state index is 13.1. The Morgan fingerprint density at radius 2 is 1.20 bits per heavy atom. The molecule has 0 bridgehead atoms. The minimum atomic E-state index is -0.0703. The van der Waals surface area contributed by atoms with E-state index in [1.807, 2.05) is 48.5 Å². The Balaban J connectivity index is 1.19. The summed E-state index contributed by atoms with van der Waals surface area (Å²) in [5, 5.41) is 0. The molecule has 2 aromatic carbocycles. The number of benzene rings is 2. The molecule has 0 N–H and O–H groups in total. The van der Waals surface area contributed by atoms with E-state index in [1.165, 1.54) is 0 Å². The molecule has 4 aromatic rings. The molecule has 0 unspecified atom stereocenters. The molecule has 3 heterocycles. The number of hydrogen-bond acceptors (Lipinski definition) is 5. The first-order valence-corrected chi connectivity index (χ1v) is 11.5. The maximum Gasteiger partial charge on any atom is 0.254 e. The van der Waals surface area contributed by atoms with Gasteiger partial charge in [-0.25, -0.2) is 0 Å². The number of amides is 2. The number of ether oxygens (including phenoxy) is 1. The smallest absolute Gasteiger partial charge is 0.254 e. The van der Waals surface area contributed by atoms with E-state index in [2.05, 4.69) is 9.97 Å². The van der Waals surface area contributed by atoms with Crippen LogP contribution < -0.4 is 4.74 Å². The van der Waals surface area contributed by atoms with Gasteiger partial charge in [0.25, 0.3) is 11.8 Å². The van der Waals surface area contributed by atoms with Gasteiger partial charge in [-0.15, -0.1) is 0 Å². The summed E-state index contributed by atoms with van der Waals surface area (Å²) >= 11 is 0. The lowest BCUT2D eigenvalue weighted by atomic mass is 10.1. The van der Waals surface area contributed by atoms with Crippen LogP contribution in [0, 0.1) is 0 Å². The second kappa shape index (κ2) is 10.2. The van der Waals surface area contributed by atoms with Crippen LogP contribution in [0.4, 0.5) is 0 Å². The van der Waals surface area contributed by atoms with Crippen LogP contribution in [-0.4, -0.2) is 57.8 Å². The van der Waals surface area contributed by atoms with Crippen LogP contribution in [0.2, 0.25) is 0 Å². The number of carbonyl (C=O) groups is 2. The predicted molar refractivity (Wildman–Crippen MR) is 132 cm³/mol. The third kappa shape index (κ3) is 5.19. The van der Waals surface area contributed by atoms with Gasteiger partial charge in [0.2, 0.25) is 0 Å². The molecule has 1 fully saturated rings. The monoisotopic (exact) mass is 464 g/mol. The topological polar surface area (TPSA) is 75.6 Å². The van der Waals surface area contributed by atoms with Gasteiger partial charge in [-0.05, 0) is 60.7 Å². The van der Waals surface area contributed by atoms with Crippen LogP contribution in [0.25, 0.3) is 11.4 Å². The van der Waals surface area contributed by atoms with Crippen LogP contribution >= 0.6 is 0 Å². The first kappa shape index (κ1) is 22.3. The van der Waals surface area contributed by atoms with Crippen LogP contribution in [0.15, 0.2) is 97.3 Å². The molecule has 2 amide bonds. The van der Waals surface area contributed by atoms with E-state index in [0.717, 1.165) is 11.4 Å². The van der Waals surface area contributed by atoms with E-state index in [-0.39, 0.29) is 11.8 Å². The highest BCUT2D eigenvalue weighted by Gasteiger charge is 2.26. The van der Waals surface area contributed by atoms with Crippen molar-refractivity contribution in [2.24, 2.45) is 0 Å². The summed E-state index contributed by atoms with van der Waals surface area (Å²) in [6.07, 6.45) is 3.33. The number of para-hydroxylation sites is 1. The number of piperazine rings is 1. The molecule has 1 aliphatic rings. The van der Waals surface area contributed by atoms with E-state index < -0.39 is 0 Å². The molecule has 2 aromatic heterocycles. The maximum absolute atomic E-state index is 13.1. The lowest BCUT2D eigenvalue weighted by Gasteiger charge is -2.35. The number of carbonyl (C=O) groups excluding carboxylic acids is 2. The Morgan fingerprint density at radius 3 is 1.86 bits per heavy atom. The second-order valence-electron chi connectivity index (χ2n) is 8.17. The zero-order valence-corrected chi connectivity index (χ0v) is 19.1. The highest BCUT2D eigenvalue weighted by atomic mass is 16.5. The molecule has 0 spiro atoms. The molecule has 7 heteroatoms. The van der Waals surface area contributed by atoms with Crippen LogP contribution in [0.1, 0.15) is 20.7 Å². The Bertz CT molecular complexity index is 1300. The number of aromatic nitrogens is 2. The predicted octanol–water partition coefficient (Wildman–Crippen LogP) is 4.53. The quantitative estimate of drug-likeness (QED) is 0.434. The van der Waals surface area contributed by atoms with E-state index >= 15 is 0 Å².